The van der Waals surface area contributed by atoms with Crippen LogP contribution in [0.4, 0.5) is 0 Å². The summed E-state index contributed by atoms with van der Waals surface area (Å²) in [5.74, 6) is 0.133. The maximum atomic E-state index is 11.7. The van der Waals surface area contributed by atoms with Crippen LogP contribution < -0.4 is 5.48 Å². The van der Waals surface area contributed by atoms with Gasteiger partial charge in [-0.2, -0.15) is 0 Å². The number of benzene rings is 1. The van der Waals surface area contributed by atoms with E-state index in [9.17, 15) is 4.79 Å². The topological polar surface area (TPSA) is 38.3 Å². The molecule has 1 aromatic carbocycles. The van der Waals surface area contributed by atoms with Crippen LogP contribution >= 0.6 is 31.9 Å². The van der Waals surface area contributed by atoms with Gasteiger partial charge < -0.3 is 0 Å². The normalized spacial score (nSPS) is 10.6. The highest BCUT2D eigenvalue weighted by molar-refractivity contribution is 9.11. The van der Waals surface area contributed by atoms with Gasteiger partial charge in [-0.3, -0.25) is 9.63 Å². The summed E-state index contributed by atoms with van der Waals surface area (Å²) in [6.07, 6.45) is 0. The largest absolute Gasteiger partial charge is 0.275 e. The Morgan fingerprint density at radius 2 is 2.12 bits per heavy atom. The van der Waals surface area contributed by atoms with Crippen LogP contribution in [-0.2, 0) is 4.84 Å². The van der Waals surface area contributed by atoms with Gasteiger partial charge in [0.25, 0.3) is 5.91 Å². The lowest BCUT2D eigenvalue weighted by Gasteiger charge is -2.09. The van der Waals surface area contributed by atoms with E-state index in [0.717, 1.165) is 8.95 Å². The summed E-state index contributed by atoms with van der Waals surface area (Å²) in [6, 6.07) is 5.35. The molecule has 0 bridgehead atoms. The van der Waals surface area contributed by atoms with Gasteiger partial charge in [0.2, 0.25) is 0 Å². The monoisotopic (exact) mass is 349 g/mol. The zero-order chi connectivity index (χ0) is 12.1. The summed E-state index contributed by atoms with van der Waals surface area (Å²) in [5, 5.41) is 0. The van der Waals surface area contributed by atoms with Crippen molar-refractivity contribution in [3.8, 4) is 0 Å². The minimum atomic E-state index is -0.250. The highest BCUT2D eigenvalue weighted by Crippen LogP contribution is 2.21. The number of hydrogen-bond acceptors (Lipinski definition) is 2. The molecular formula is C11H13Br2NO2. The van der Waals surface area contributed by atoms with E-state index in [1.165, 1.54) is 0 Å². The number of rotatable bonds is 4. The fourth-order valence-electron chi connectivity index (χ4n) is 1.00. The Morgan fingerprint density at radius 3 is 2.69 bits per heavy atom. The summed E-state index contributed by atoms with van der Waals surface area (Å²) >= 11 is 6.65. The number of carbonyl (C=O) groups excluding carboxylic acids is 1. The summed E-state index contributed by atoms with van der Waals surface area (Å²) in [6.45, 7) is 4.53. The molecule has 0 aliphatic rings. The lowest BCUT2D eigenvalue weighted by molar-refractivity contribution is 0.0208. The molecule has 1 N–H and O–H groups in total. The van der Waals surface area contributed by atoms with E-state index in [0.29, 0.717) is 18.1 Å². The molecule has 1 rings (SSSR count). The smallest absolute Gasteiger partial charge is 0.273 e. The molecule has 3 nitrogen and oxygen atoms in total. The van der Waals surface area contributed by atoms with Crippen LogP contribution in [0.5, 0.6) is 0 Å². The van der Waals surface area contributed by atoms with Gasteiger partial charge in [-0.25, -0.2) is 5.48 Å². The van der Waals surface area contributed by atoms with Crippen molar-refractivity contribution in [3.63, 3.8) is 0 Å². The van der Waals surface area contributed by atoms with Gasteiger partial charge in [-0.15, -0.1) is 0 Å². The molecule has 0 aromatic heterocycles. The second-order valence-electron chi connectivity index (χ2n) is 3.76. The van der Waals surface area contributed by atoms with Crippen molar-refractivity contribution in [3.05, 3.63) is 32.7 Å². The fraction of sp³-hybridized carbons (Fsp3) is 0.364. The zero-order valence-electron chi connectivity index (χ0n) is 9.09. The molecule has 0 spiro atoms. The van der Waals surface area contributed by atoms with Crippen LogP contribution in [0.3, 0.4) is 0 Å². The Kier molecular flexibility index (Phi) is 5.44. The second kappa shape index (κ2) is 6.37. The quantitative estimate of drug-likeness (QED) is 0.843. The molecule has 0 aliphatic heterocycles. The maximum Gasteiger partial charge on any atom is 0.275 e. The molecule has 1 amide bonds. The van der Waals surface area contributed by atoms with Crippen LogP contribution in [-0.4, -0.2) is 12.5 Å². The van der Waals surface area contributed by atoms with Gasteiger partial charge in [0.05, 0.1) is 12.2 Å². The van der Waals surface area contributed by atoms with Crippen molar-refractivity contribution >= 4 is 37.8 Å². The maximum absolute atomic E-state index is 11.7. The van der Waals surface area contributed by atoms with Crippen LogP contribution in [0.2, 0.25) is 0 Å². The van der Waals surface area contributed by atoms with Crippen LogP contribution in [0.1, 0.15) is 24.2 Å². The van der Waals surface area contributed by atoms with E-state index >= 15 is 0 Å². The molecule has 0 fully saturated rings. The highest BCUT2D eigenvalue weighted by Gasteiger charge is 2.10. The van der Waals surface area contributed by atoms with Crippen LogP contribution in [0, 0.1) is 5.92 Å². The Morgan fingerprint density at radius 1 is 1.44 bits per heavy atom. The molecule has 0 heterocycles. The van der Waals surface area contributed by atoms with Gasteiger partial charge >= 0.3 is 0 Å². The van der Waals surface area contributed by atoms with Gasteiger partial charge in [0.15, 0.2) is 0 Å². The molecule has 88 valence electrons. The van der Waals surface area contributed by atoms with Crippen molar-refractivity contribution < 1.29 is 9.63 Å². The van der Waals surface area contributed by atoms with E-state index in [1.807, 2.05) is 26.0 Å². The first kappa shape index (κ1) is 13.7. The summed E-state index contributed by atoms with van der Waals surface area (Å²) < 4.78 is 1.64. The Hall–Kier alpha value is -0.390. The Bertz CT molecular complexity index is 380. The number of hydrogen-bond donors (Lipinski definition) is 1. The Labute approximate surface area is 112 Å². The third-order valence-corrected chi connectivity index (χ3v) is 2.91. The molecule has 0 unspecified atom stereocenters. The highest BCUT2D eigenvalue weighted by atomic mass is 79.9. The first-order valence-corrected chi connectivity index (χ1v) is 6.46. The molecule has 0 radical (unpaired) electrons. The predicted molar refractivity (Wildman–Crippen MR) is 70.1 cm³/mol. The van der Waals surface area contributed by atoms with Crippen molar-refractivity contribution in [1.82, 2.24) is 5.48 Å². The van der Waals surface area contributed by atoms with Crippen molar-refractivity contribution in [2.75, 3.05) is 6.61 Å². The molecule has 16 heavy (non-hydrogen) atoms. The van der Waals surface area contributed by atoms with Gasteiger partial charge in [0, 0.05) is 8.95 Å². The summed E-state index contributed by atoms with van der Waals surface area (Å²) in [4.78, 5) is 16.7. The molecule has 5 heteroatoms. The van der Waals surface area contributed by atoms with Crippen molar-refractivity contribution in [1.29, 1.82) is 0 Å². The summed E-state index contributed by atoms with van der Waals surface area (Å²) in [5.41, 5.74) is 2.95. The molecular weight excluding hydrogens is 338 g/mol. The third kappa shape index (κ3) is 4.23. The van der Waals surface area contributed by atoms with Crippen molar-refractivity contribution in [2.45, 2.75) is 13.8 Å². The van der Waals surface area contributed by atoms with E-state index < -0.39 is 0 Å². The number of nitrogens with one attached hydrogen (secondary N) is 1. The minimum absolute atomic E-state index is 0.250. The van der Waals surface area contributed by atoms with Crippen LogP contribution in [0.25, 0.3) is 0 Å². The standard InChI is InChI=1S/C11H13Br2NO2/c1-7(2)6-16-14-11(15)9-4-3-8(12)5-10(9)13/h3-5,7H,6H2,1-2H3,(H,14,15). The molecule has 0 aliphatic carbocycles. The first-order valence-electron chi connectivity index (χ1n) is 4.88. The number of hydroxylamine groups is 1. The first-order chi connectivity index (χ1) is 7.50. The average molecular weight is 351 g/mol. The van der Waals surface area contributed by atoms with E-state index in [1.54, 1.807) is 6.07 Å². The van der Waals surface area contributed by atoms with E-state index in [2.05, 4.69) is 37.3 Å². The number of amides is 1. The zero-order valence-corrected chi connectivity index (χ0v) is 12.3. The second-order valence-corrected chi connectivity index (χ2v) is 5.53. The SMILES string of the molecule is CC(C)CONC(=O)c1ccc(Br)cc1Br. The molecule has 0 saturated heterocycles. The summed E-state index contributed by atoms with van der Waals surface area (Å²) in [7, 11) is 0. The lowest BCUT2D eigenvalue weighted by atomic mass is 10.2. The van der Waals surface area contributed by atoms with Gasteiger partial charge in [-0.05, 0) is 40.0 Å². The lowest BCUT2D eigenvalue weighted by Crippen LogP contribution is -2.25. The van der Waals surface area contributed by atoms with Gasteiger partial charge in [-0.1, -0.05) is 29.8 Å². The van der Waals surface area contributed by atoms with E-state index in [4.69, 9.17) is 4.84 Å². The molecule has 0 saturated carbocycles. The Balaban J connectivity index is 2.59. The predicted octanol–water partition coefficient (Wildman–Crippen LogP) is 3.53. The van der Waals surface area contributed by atoms with Gasteiger partial charge in [0.1, 0.15) is 0 Å². The molecule has 1 aromatic rings. The average Bonchev–Trinajstić information content (AvgIpc) is 2.16. The minimum Gasteiger partial charge on any atom is -0.273 e. The molecule has 0 atom stereocenters. The van der Waals surface area contributed by atoms with Crippen molar-refractivity contribution in [2.24, 2.45) is 5.92 Å². The van der Waals surface area contributed by atoms with E-state index in [-0.39, 0.29) is 5.91 Å². The van der Waals surface area contributed by atoms with Crippen LogP contribution in [0.15, 0.2) is 27.1 Å². The fourth-order valence-corrected chi connectivity index (χ4v) is 2.23. The third-order valence-electron chi connectivity index (χ3n) is 1.76. The number of halogens is 2. The number of carbonyl (C=O) groups is 1.